The second kappa shape index (κ2) is 5.28. The summed E-state index contributed by atoms with van der Waals surface area (Å²) in [5, 5.41) is 0.832. The van der Waals surface area contributed by atoms with E-state index >= 15 is 0 Å². The zero-order valence-electron chi connectivity index (χ0n) is 8.85. The van der Waals surface area contributed by atoms with Gasteiger partial charge in [0.1, 0.15) is 0 Å². The van der Waals surface area contributed by atoms with Gasteiger partial charge in [-0.15, -0.1) is 0 Å². The monoisotopic (exact) mass is 228 g/mol. The molecular formula is C11H16O3S. The average molecular weight is 228 g/mol. The molecule has 0 radical (unpaired) electrons. The molecule has 1 aliphatic rings. The fourth-order valence-electron chi connectivity index (χ4n) is 1.49. The highest BCUT2D eigenvalue weighted by molar-refractivity contribution is 7.89. The lowest BCUT2D eigenvalue weighted by Gasteiger charge is -2.14. The van der Waals surface area contributed by atoms with E-state index in [0.29, 0.717) is 6.42 Å². The van der Waals surface area contributed by atoms with E-state index in [4.69, 9.17) is 4.18 Å². The first-order valence-electron chi connectivity index (χ1n) is 4.94. The molecule has 0 fully saturated rings. The molecule has 0 aromatic heterocycles. The molecule has 15 heavy (non-hydrogen) atoms. The number of hydrogen-bond donors (Lipinski definition) is 0. The maximum Gasteiger partial charge on any atom is 0.289 e. The molecule has 0 aliphatic heterocycles. The Labute approximate surface area is 91.3 Å². The maximum absolute atomic E-state index is 11.1. The van der Waals surface area contributed by atoms with Gasteiger partial charge in [-0.05, 0) is 26.2 Å². The van der Waals surface area contributed by atoms with Gasteiger partial charge >= 0.3 is 0 Å². The molecule has 0 N–H and O–H groups in total. The van der Waals surface area contributed by atoms with Crippen LogP contribution in [-0.4, -0.2) is 14.5 Å². The van der Waals surface area contributed by atoms with Crippen molar-refractivity contribution in [1.29, 1.82) is 0 Å². The average Bonchev–Trinajstić information content (AvgIpc) is 2.18. The quantitative estimate of drug-likeness (QED) is 0.679. The molecule has 1 rings (SSSR count). The predicted octanol–water partition coefficient (Wildman–Crippen LogP) is 2.53. The summed E-state index contributed by atoms with van der Waals surface area (Å²) in [4.78, 5) is 0. The van der Waals surface area contributed by atoms with E-state index in [1.165, 1.54) is 5.57 Å². The summed E-state index contributed by atoms with van der Waals surface area (Å²) >= 11 is 0. The Bertz CT molecular complexity index is 377. The molecule has 0 aromatic carbocycles. The van der Waals surface area contributed by atoms with Crippen LogP contribution in [0.1, 0.15) is 26.2 Å². The van der Waals surface area contributed by atoms with Crippen LogP contribution in [0.25, 0.3) is 0 Å². The number of rotatable bonds is 5. The highest BCUT2D eigenvalue weighted by atomic mass is 32.2. The van der Waals surface area contributed by atoms with Gasteiger partial charge in [0.25, 0.3) is 10.1 Å². The fourth-order valence-corrected chi connectivity index (χ4v) is 2.10. The van der Waals surface area contributed by atoms with Gasteiger partial charge < -0.3 is 0 Å². The Kier molecular flexibility index (Phi) is 4.29. The number of hydrogen-bond acceptors (Lipinski definition) is 3. The molecule has 84 valence electrons. The molecule has 0 amide bonds. The lowest BCUT2D eigenvalue weighted by molar-refractivity contribution is 0.232. The van der Waals surface area contributed by atoms with E-state index in [1.54, 1.807) is 6.92 Å². The lowest BCUT2D eigenvalue weighted by Crippen LogP contribution is -2.14. The third kappa shape index (κ3) is 4.44. The van der Waals surface area contributed by atoms with Crippen molar-refractivity contribution < 1.29 is 12.6 Å². The second-order valence-electron chi connectivity index (χ2n) is 3.56. The standard InChI is InChI=1S/C11H16O3S/c1-3-15(12,13)14-10(2)9-11-7-5-4-6-8-11/h3-5,7,10H,1,6,8-9H2,2H3. The minimum atomic E-state index is -3.55. The van der Waals surface area contributed by atoms with Crippen molar-refractivity contribution in [2.24, 2.45) is 0 Å². The normalized spacial score (nSPS) is 18.3. The van der Waals surface area contributed by atoms with Crippen molar-refractivity contribution in [1.82, 2.24) is 0 Å². The minimum Gasteiger partial charge on any atom is -0.263 e. The van der Waals surface area contributed by atoms with E-state index < -0.39 is 10.1 Å². The summed E-state index contributed by atoms with van der Waals surface area (Å²) in [5.74, 6) is 0. The van der Waals surface area contributed by atoms with Crippen LogP contribution in [0.5, 0.6) is 0 Å². The molecule has 0 bridgehead atoms. The summed E-state index contributed by atoms with van der Waals surface area (Å²) in [6.45, 7) is 4.94. The van der Waals surface area contributed by atoms with Crippen LogP contribution < -0.4 is 0 Å². The Balaban J connectivity index is 2.49. The van der Waals surface area contributed by atoms with Crippen LogP contribution in [-0.2, 0) is 14.3 Å². The predicted molar refractivity (Wildman–Crippen MR) is 60.7 cm³/mol. The fraction of sp³-hybridized carbons (Fsp3) is 0.455. The first kappa shape index (κ1) is 12.2. The third-order valence-electron chi connectivity index (χ3n) is 2.15. The lowest BCUT2D eigenvalue weighted by atomic mass is 10.00. The molecule has 4 heteroatoms. The molecule has 0 saturated carbocycles. The zero-order chi connectivity index (χ0) is 11.3. The summed E-state index contributed by atoms with van der Waals surface area (Å²) in [7, 11) is -3.55. The summed E-state index contributed by atoms with van der Waals surface area (Å²) in [6, 6.07) is 0. The van der Waals surface area contributed by atoms with E-state index in [9.17, 15) is 8.42 Å². The molecule has 1 atom stereocenters. The highest BCUT2D eigenvalue weighted by Gasteiger charge is 2.13. The first-order valence-corrected chi connectivity index (χ1v) is 6.41. The van der Waals surface area contributed by atoms with Crippen molar-refractivity contribution in [3.8, 4) is 0 Å². The van der Waals surface area contributed by atoms with Crippen LogP contribution in [0.3, 0.4) is 0 Å². The van der Waals surface area contributed by atoms with Gasteiger partial charge in [-0.1, -0.05) is 30.4 Å². The first-order chi connectivity index (χ1) is 7.03. The Hall–Kier alpha value is -0.870. The van der Waals surface area contributed by atoms with Crippen molar-refractivity contribution in [3.05, 3.63) is 35.8 Å². The number of allylic oxidation sites excluding steroid dienone is 3. The van der Waals surface area contributed by atoms with E-state index in [-0.39, 0.29) is 6.10 Å². The Morgan fingerprint density at radius 2 is 2.40 bits per heavy atom. The summed E-state index contributed by atoms with van der Waals surface area (Å²) in [5.41, 5.74) is 1.23. The zero-order valence-corrected chi connectivity index (χ0v) is 9.66. The molecule has 0 heterocycles. The van der Waals surface area contributed by atoms with Gasteiger partial charge in [0.2, 0.25) is 0 Å². The van der Waals surface area contributed by atoms with Crippen LogP contribution in [0.4, 0.5) is 0 Å². The van der Waals surface area contributed by atoms with Crippen molar-refractivity contribution in [2.45, 2.75) is 32.3 Å². The van der Waals surface area contributed by atoms with Gasteiger partial charge in [0.15, 0.2) is 0 Å². The van der Waals surface area contributed by atoms with Gasteiger partial charge in [0, 0.05) is 0 Å². The van der Waals surface area contributed by atoms with Crippen LogP contribution in [0.2, 0.25) is 0 Å². The maximum atomic E-state index is 11.1. The van der Waals surface area contributed by atoms with Crippen molar-refractivity contribution in [3.63, 3.8) is 0 Å². The molecule has 3 nitrogen and oxygen atoms in total. The van der Waals surface area contributed by atoms with Gasteiger partial charge in [-0.2, -0.15) is 8.42 Å². The largest absolute Gasteiger partial charge is 0.289 e. The second-order valence-corrected chi connectivity index (χ2v) is 5.07. The Morgan fingerprint density at radius 3 is 2.93 bits per heavy atom. The van der Waals surface area contributed by atoms with Gasteiger partial charge in [0.05, 0.1) is 11.5 Å². The van der Waals surface area contributed by atoms with E-state index in [0.717, 1.165) is 18.2 Å². The van der Waals surface area contributed by atoms with Crippen LogP contribution in [0, 0.1) is 0 Å². The van der Waals surface area contributed by atoms with Gasteiger partial charge in [-0.25, -0.2) is 0 Å². The Morgan fingerprint density at radius 1 is 1.67 bits per heavy atom. The molecule has 1 unspecified atom stereocenters. The summed E-state index contributed by atoms with van der Waals surface area (Å²) < 4.78 is 27.0. The van der Waals surface area contributed by atoms with E-state index in [1.807, 2.05) is 12.2 Å². The van der Waals surface area contributed by atoms with Crippen molar-refractivity contribution >= 4 is 10.1 Å². The molecule has 0 saturated heterocycles. The SMILES string of the molecule is C=CS(=O)(=O)OC(C)CC1=CC=CCC1. The summed E-state index contributed by atoms with van der Waals surface area (Å²) in [6.07, 6.45) is 8.43. The smallest absolute Gasteiger partial charge is 0.263 e. The molecule has 1 aliphatic carbocycles. The van der Waals surface area contributed by atoms with E-state index in [2.05, 4.69) is 12.7 Å². The van der Waals surface area contributed by atoms with Crippen LogP contribution in [0.15, 0.2) is 35.8 Å². The van der Waals surface area contributed by atoms with Gasteiger partial charge in [-0.3, -0.25) is 4.18 Å². The molecular weight excluding hydrogens is 212 g/mol. The topological polar surface area (TPSA) is 43.4 Å². The minimum absolute atomic E-state index is 0.328. The third-order valence-corrected chi connectivity index (χ3v) is 3.16. The van der Waals surface area contributed by atoms with Crippen molar-refractivity contribution in [2.75, 3.05) is 0 Å². The molecule has 0 spiro atoms. The highest BCUT2D eigenvalue weighted by Crippen LogP contribution is 2.19. The molecule has 0 aromatic rings. The van der Waals surface area contributed by atoms with Crippen LogP contribution >= 0.6 is 0 Å².